The second-order valence-electron chi connectivity index (χ2n) is 5.59. The second-order valence-corrected chi connectivity index (χ2v) is 6.49. The quantitative estimate of drug-likeness (QED) is 0.888. The predicted molar refractivity (Wildman–Crippen MR) is 91.5 cm³/mol. The lowest BCUT2D eigenvalue weighted by molar-refractivity contribution is -0.121. The second kappa shape index (κ2) is 7.87. The van der Waals surface area contributed by atoms with Gasteiger partial charge in [-0.2, -0.15) is 0 Å². The molecule has 24 heavy (non-hydrogen) atoms. The standard InChI is InChI=1S/C16H19N5O2S/c22-14(20-15-18-7-9-24-15)12-4-3-8-21(11-12)16(23)19-10-13-5-1-2-6-17-13/h1-2,5-7,9,12H,3-4,8,10-11H2,(H,19,23)(H,18,20,22)/t12-/m1/s1. The van der Waals surface area contributed by atoms with Crippen LogP contribution in [-0.4, -0.2) is 39.9 Å². The first-order chi connectivity index (χ1) is 11.7. The Hall–Kier alpha value is -2.48. The molecule has 1 aliphatic rings. The Morgan fingerprint density at radius 1 is 1.29 bits per heavy atom. The molecule has 3 amide bonds. The number of pyridine rings is 1. The van der Waals surface area contributed by atoms with E-state index in [0.717, 1.165) is 18.5 Å². The maximum Gasteiger partial charge on any atom is 0.317 e. The van der Waals surface area contributed by atoms with E-state index in [1.54, 1.807) is 17.3 Å². The van der Waals surface area contributed by atoms with E-state index in [-0.39, 0.29) is 17.9 Å². The molecule has 7 nitrogen and oxygen atoms in total. The summed E-state index contributed by atoms with van der Waals surface area (Å²) in [5.74, 6) is -0.282. The van der Waals surface area contributed by atoms with Gasteiger partial charge in [0.05, 0.1) is 18.2 Å². The summed E-state index contributed by atoms with van der Waals surface area (Å²) < 4.78 is 0. The maximum atomic E-state index is 12.3. The van der Waals surface area contributed by atoms with Crippen molar-refractivity contribution in [1.29, 1.82) is 0 Å². The van der Waals surface area contributed by atoms with Crippen LogP contribution in [0.3, 0.4) is 0 Å². The molecule has 0 radical (unpaired) electrons. The number of piperidine rings is 1. The van der Waals surface area contributed by atoms with Crippen LogP contribution in [0.1, 0.15) is 18.5 Å². The average Bonchev–Trinajstić information content (AvgIpc) is 3.13. The number of nitrogens with one attached hydrogen (secondary N) is 2. The Labute approximate surface area is 144 Å². The van der Waals surface area contributed by atoms with Gasteiger partial charge in [0, 0.05) is 30.9 Å². The molecule has 8 heteroatoms. The molecule has 1 atom stereocenters. The van der Waals surface area contributed by atoms with Gasteiger partial charge in [0.15, 0.2) is 5.13 Å². The summed E-state index contributed by atoms with van der Waals surface area (Å²) in [5, 5.41) is 8.07. The number of amides is 3. The van der Waals surface area contributed by atoms with Gasteiger partial charge >= 0.3 is 6.03 Å². The minimum Gasteiger partial charge on any atom is -0.332 e. The van der Waals surface area contributed by atoms with E-state index in [1.165, 1.54) is 11.3 Å². The molecule has 0 aromatic carbocycles. The minimum absolute atomic E-state index is 0.0767. The fourth-order valence-corrected chi connectivity index (χ4v) is 3.18. The highest BCUT2D eigenvalue weighted by Crippen LogP contribution is 2.19. The Balaban J connectivity index is 1.51. The smallest absolute Gasteiger partial charge is 0.317 e. The molecule has 3 heterocycles. The molecule has 0 spiro atoms. The zero-order valence-electron chi connectivity index (χ0n) is 13.1. The van der Waals surface area contributed by atoms with Crippen molar-refractivity contribution in [1.82, 2.24) is 20.2 Å². The van der Waals surface area contributed by atoms with Crippen molar-refractivity contribution in [3.63, 3.8) is 0 Å². The van der Waals surface area contributed by atoms with E-state index in [0.29, 0.717) is 24.8 Å². The van der Waals surface area contributed by atoms with Gasteiger partial charge in [0.2, 0.25) is 5.91 Å². The Bertz CT molecular complexity index is 677. The van der Waals surface area contributed by atoms with Crippen molar-refractivity contribution < 1.29 is 9.59 Å². The van der Waals surface area contributed by atoms with E-state index in [4.69, 9.17) is 0 Å². The summed E-state index contributed by atoms with van der Waals surface area (Å²) in [6, 6.07) is 5.42. The van der Waals surface area contributed by atoms with E-state index in [1.807, 2.05) is 23.6 Å². The number of carbonyl (C=O) groups is 2. The number of rotatable bonds is 4. The normalized spacial score (nSPS) is 17.3. The lowest BCUT2D eigenvalue weighted by Crippen LogP contribution is -2.47. The first-order valence-corrected chi connectivity index (χ1v) is 8.73. The SMILES string of the molecule is O=C(Nc1nccs1)[C@@H]1CCCN(C(=O)NCc2ccccn2)C1. The molecule has 1 aliphatic heterocycles. The lowest BCUT2D eigenvalue weighted by atomic mass is 9.97. The van der Waals surface area contributed by atoms with Gasteiger partial charge < -0.3 is 15.5 Å². The van der Waals surface area contributed by atoms with Crippen LogP contribution in [0.4, 0.5) is 9.93 Å². The highest BCUT2D eigenvalue weighted by molar-refractivity contribution is 7.13. The number of hydrogen-bond acceptors (Lipinski definition) is 5. The van der Waals surface area contributed by atoms with Crippen LogP contribution in [0.2, 0.25) is 0 Å². The fraction of sp³-hybridized carbons (Fsp3) is 0.375. The summed E-state index contributed by atoms with van der Waals surface area (Å²) in [4.78, 5) is 34.5. The van der Waals surface area contributed by atoms with Crippen molar-refractivity contribution >= 4 is 28.4 Å². The number of anilines is 1. The minimum atomic E-state index is -0.205. The van der Waals surface area contributed by atoms with E-state index >= 15 is 0 Å². The van der Waals surface area contributed by atoms with E-state index < -0.39 is 0 Å². The number of hydrogen-bond donors (Lipinski definition) is 2. The van der Waals surface area contributed by atoms with Gasteiger partial charge in [-0.25, -0.2) is 9.78 Å². The lowest BCUT2D eigenvalue weighted by Gasteiger charge is -2.31. The molecule has 2 aromatic rings. The monoisotopic (exact) mass is 345 g/mol. The van der Waals surface area contributed by atoms with Crippen LogP contribution in [0.15, 0.2) is 36.0 Å². The van der Waals surface area contributed by atoms with Crippen molar-refractivity contribution in [2.24, 2.45) is 5.92 Å². The van der Waals surface area contributed by atoms with Gasteiger partial charge in [-0.1, -0.05) is 6.07 Å². The number of nitrogens with zero attached hydrogens (tertiary/aromatic N) is 3. The molecular formula is C16H19N5O2S. The Morgan fingerprint density at radius 3 is 2.96 bits per heavy atom. The van der Waals surface area contributed by atoms with Crippen LogP contribution in [0.5, 0.6) is 0 Å². The van der Waals surface area contributed by atoms with Gasteiger partial charge in [-0.05, 0) is 25.0 Å². The van der Waals surface area contributed by atoms with Crippen molar-refractivity contribution in [2.45, 2.75) is 19.4 Å². The van der Waals surface area contributed by atoms with Crippen LogP contribution in [0.25, 0.3) is 0 Å². The predicted octanol–water partition coefficient (Wildman–Crippen LogP) is 2.10. The number of carbonyl (C=O) groups excluding carboxylic acids is 2. The molecule has 126 valence electrons. The third kappa shape index (κ3) is 4.29. The summed E-state index contributed by atoms with van der Waals surface area (Å²) in [6.07, 6.45) is 4.94. The molecule has 0 bridgehead atoms. The number of aromatic nitrogens is 2. The molecule has 0 unspecified atom stereocenters. The van der Waals surface area contributed by atoms with Crippen LogP contribution < -0.4 is 10.6 Å². The molecule has 0 saturated carbocycles. The molecule has 1 saturated heterocycles. The number of thiazole rings is 1. The summed E-state index contributed by atoms with van der Waals surface area (Å²) in [7, 11) is 0. The zero-order chi connectivity index (χ0) is 16.8. The largest absolute Gasteiger partial charge is 0.332 e. The van der Waals surface area contributed by atoms with Crippen LogP contribution in [-0.2, 0) is 11.3 Å². The van der Waals surface area contributed by atoms with E-state index in [2.05, 4.69) is 20.6 Å². The Kier molecular flexibility index (Phi) is 5.37. The zero-order valence-corrected chi connectivity index (χ0v) is 14.0. The molecule has 0 aliphatic carbocycles. The molecule has 1 fully saturated rings. The highest BCUT2D eigenvalue weighted by Gasteiger charge is 2.28. The maximum absolute atomic E-state index is 12.3. The first kappa shape index (κ1) is 16.4. The Morgan fingerprint density at radius 2 is 2.21 bits per heavy atom. The first-order valence-electron chi connectivity index (χ1n) is 7.85. The summed E-state index contributed by atoms with van der Waals surface area (Å²) in [6.45, 7) is 1.46. The molecular weight excluding hydrogens is 326 g/mol. The van der Waals surface area contributed by atoms with Crippen molar-refractivity contribution in [2.75, 3.05) is 18.4 Å². The topological polar surface area (TPSA) is 87.2 Å². The summed E-state index contributed by atoms with van der Waals surface area (Å²) in [5.41, 5.74) is 0.806. The fourth-order valence-electron chi connectivity index (χ4n) is 2.65. The van der Waals surface area contributed by atoms with Crippen molar-refractivity contribution in [3.05, 3.63) is 41.7 Å². The van der Waals surface area contributed by atoms with Gasteiger partial charge in [0.25, 0.3) is 0 Å². The highest BCUT2D eigenvalue weighted by atomic mass is 32.1. The van der Waals surface area contributed by atoms with E-state index in [9.17, 15) is 9.59 Å². The number of likely N-dealkylation sites (tertiary alicyclic amines) is 1. The molecule has 2 aromatic heterocycles. The van der Waals surface area contributed by atoms with Crippen molar-refractivity contribution in [3.8, 4) is 0 Å². The van der Waals surface area contributed by atoms with Gasteiger partial charge in [-0.3, -0.25) is 9.78 Å². The van der Waals surface area contributed by atoms with Gasteiger partial charge in [-0.15, -0.1) is 11.3 Å². The third-order valence-corrected chi connectivity index (χ3v) is 4.58. The van der Waals surface area contributed by atoms with Gasteiger partial charge in [0.1, 0.15) is 0 Å². The molecule has 3 rings (SSSR count). The average molecular weight is 345 g/mol. The summed E-state index contributed by atoms with van der Waals surface area (Å²) >= 11 is 1.39. The number of urea groups is 1. The van der Waals surface area contributed by atoms with Crippen LogP contribution in [0, 0.1) is 5.92 Å². The van der Waals surface area contributed by atoms with Crippen LogP contribution >= 0.6 is 11.3 Å². The third-order valence-electron chi connectivity index (χ3n) is 3.89. The molecule has 2 N–H and O–H groups in total.